The number of carbonyl (C=O) groups is 2. The van der Waals surface area contributed by atoms with Gasteiger partial charge in [-0.15, -0.1) is 0 Å². The molecule has 2 amide bonds. The molecule has 0 aliphatic carbocycles. The van der Waals surface area contributed by atoms with Crippen molar-refractivity contribution in [1.29, 1.82) is 0 Å². The van der Waals surface area contributed by atoms with E-state index in [0.717, 1.165) is 22.9 Å². The number of hydrogen-bond donors (Lipinski definition) is 0. The molecule has 3 rings (SSSR count). The Labute approximate surface area is 127 Å². The first kappa shape index (κ1) is 13.6. The van der Waals surface area contributed by atoms with Crippen LogP contribution in [0.4, 0.5) is 10.5 Å². The Bertz CT molecular complexity index is 720. The minimum atomic E-state index is -0.266. The fourth-order valence-corrected chi connectivity index (χ4v) is 2.93. The lowest BCUT2D eigenvalue weighted by Gasteiger charge is -2.12. The fraction of sp³-hybridized carbons (Fsp3) is 0.0588. The van der Waals surface area contributed by atoms with Crippen molar-refractivity contribution in [3.8, 4) is 0 Å². The van der Waals surface area contributed by atoms with Gasteiger partial charge in [0.05, 0.1) is 10.6 Å². The molecule has 1 heterocycles. The fourth-order valence-electron chi connectivity index (χ4n) is 2.08. The van der Waals surface area contributed by atoms with Gasteiger partial charge in [0.15, 0.2) is 0 Å². The average Bonchev–Trinajstić information content (AvgIpc) is 2.76. The molecule has 1 aliphatic heterocycles. The molecule has 1 saturated heterocycles. The summed E-state index contributed by atoms with van der Waals surface area (Å²) >= 11 is 0.974. The lowest BCUT2D eigenvalue weighted by atomic mass is 10.2. The smallest absolute Gasteiger partial charge is 0.268 e. The standard InChI is InChI=1S/C17H13NO2S/c1-12-7-9-14(10-8-12)18-16(19)15(21-17(18)20)11-13-5-3-2-4-6-13/h2-11H,1H3. The molecule has 21 heavy (non-hydrogen) atoms. The van der Waals surface area contributed by atoms with Gasteiger partial charge in [-0.1, -0.05) is 48.0 Å². The maximum atomic E-state index is 12.4. The number of nitrogens with zero attached hydrogens (tertiary/aromatic N) is 1. The van der Waals surface area contributed by atoms with Crippen molar-refractivity contribution in [2.75, 3.05) is 4.90 Å². The molecular formula is C17H13NO2S. The molecule has 3 nitrogen and oxygen atoms in total. The summed E-state index contributed by atoms with van der Waals surface area (Å²) in [5.41, 5.74) is 2.61. The molecule has 0 radical (unpaired) electrons. The SMILES string of the molecule is Cc1ccc(N2C(=O)SC(=Cc3ccccc3)C2=O)cc1. The lowest BCUT2D eigenvalue weighted by Crippen LogP contribution is -2.27. The summed E-state index contributed by atoms with van der Waals surface area (Å²) in [5.74, 6) is -0.266. The van der Waals surface area contributed by atoms with E-state index in [-0.39, 0.29) is 11.1 Å². The van der Waals surface area contributed by atoms with Crippen LogP contribution in [-0.2, 0) is 4.79 Å². The van der Waals surface area contributed by atoms with E-state index in [2.05, 4.69) is 0 Å². The summed E-state index contributed by atoms with van der Waals surface area (Å²) in [7, 11) is 0. The lowest BCUT2D eigenvalue weighted by molar-refractivity contribution is -0.113. The summed E-state index contributed by atoms with van der Waals surface area (Å²) in [6, 6.07) is 16.9. The second-order valence-electron chi connectivity index (χ2n) is 4.76. The van der Waals surface area contributed by atoms with Crippen LogP contribution in [0.25, 0.3) is 6.08 Å². The van der Waals surface area contributed by atoms with Crippen LogP contribution in [0.3, 0.4) is 0 Å². The zero-order valence-corrected chi connectivity index (χ0v) is 12.3. The average molecular weight is 295 g/mol. The molecule has 1 fully saturated rings. The molecule has 1 aliphatic rings. The molecule has 0 spiro atoms. The van der Waals surface area contributed by atoms with Crippen molar-refractivity contribution in [2.45, 2.75) is 6.92 Å². The van der Waals surface area contributed by atoms with Gasteiger partial charge in [-0.2, -0.15) is 0 Å². The van der Waals surface area contributed by atoms with Gasteiger partial charge in [-0.25, -0.2) is 4.90 Å². The molecule has 0 saturated carbocycles. The first-order valence-corrected chi connectivity index (χ1v) is 7.36. The third-order valence-electron chi connectivity index (χ3n) is 3.18. The van der Waals surface area contributed by atoms with Gasteiger partial charge in [0.25, 0.3) is 11.1 Å². The van der Waals surface area contributed by atoms with E-state index in [1.165, 1.54) is 4.90 Å². The second-order valence-corrected chi connectivity index (χ2v) is 5.76. The predicted molar refractivity (Wildman–Crippen MR) is 86.1 cm³/mol. The Balaban J connectivity index is 1.92. The number of aryl methyl sites for hydroxylation is 1. The molecule has 0 unspecified atom stereocenters. The van der Waals surface area contributed by atoms with Gasteiger partial charge in [-0.3, -0.25) is 9.59 Å². The van der Waals surface area contributed by atoms with Gasteiger partial charge in [0, 0.05) is 0 Å². The van der Waals surface area contributed by atoms with Crippen LogP contribution in [0.15, 0.2) is 59.5 Å². The number of rotatable bonds is 2. The van der Waals surface area contributed by atoms with Crippen LogP contribution in [0.5, 0.6) is 0 Å². The van der Waals surface area contributed by atoms with E-state index in [4.69, 9.17) is 0 Å². The summed E-state index contributed by atoms with van der Waals surface area (Å²) in [6.45, 7) is 1.97. The van der Waals surface area contributed by atoms with Crippen LogP contribution in [-0.4, -0.2) is 11.1 Å². The molecule has 0 bridgehead atoms. The second kappa shape index (κ2) is 5.58. The van der Waals surface area contributed by atoms with E-state index in [9.17, 15) is 9.59 Å². The van der Waals surface area contributed by atoms with Crippen molar-refractivity contribution >= 4 is 34.7 Å². The first-order chi connectivity index (χ1) is 10.1. The molecule has 2 aromatic rings. The summed E-state index contributed by atoms with van der Waals surface area (Å²) < 4.78 is 0. The van der Waals surface area contributed by atoms with E-state index in [1.54, 1.807) is 18.2 Å². The maximum Gasteiger partial charge on any atom is 0.298 e. The minimum Gasteiger partial charge on any atom is -0.268 e. The van der Waals surface area contributed by atoms with E-state index < -0.39 is 0 Å². The van der Waals surface area contributed by atoms with Crippen molar-refractivity contribution in [3.63, 3.8) is 0 Å². The zero-order chi connectivity index (χ0) is 14.8. The summed E-state index contributed by atoms with van der Waals surface area (Å²) in [4.78, 5) is 26.2. The number of imide groups is 1. The largest absolute Gasteiger partial charge is 0.298 e. The van der Waals surface area contributed by atoms with Crippen LogP contribution >= 0.6 is 11.8 Å². The number of anilines is 1. The third kappa shape index (κ3) is 2.76. The van der Waals surface area contributed by atoms with Crippen LogP contribution in [0.2, 0.25) is 0 Å². The van der Waals surface area contributed by atoms with Crippen molar-refractivity contribution in [1.82, 2.24) is 0 Å². The van der Waals surface area contributed by atoms with Gasteiger partial charge in [-0.05, 0) is 42.5 Å². The number of carbonyl (C=O) groups excluding carboxylic acids is 2. The quantitative estimate of drug-likeness (QED) is 0.778. The van der Waals surface area contributed by atoms with Crippen LogP contribution < -0.4 is 4.90 Å². The minimum absolute atomic E-state index is 0.258. The number of thioether (sulfide) groups is 1. The Kier molecular flexibility index (Phi) is 3.62. The molecule has 0 N–H and O–H groups in total. The maximum absolute atomic E-state index is 12.4. The predicted octanol–water partition coefficient (Wildman–Crippen LogP) is 4.24. The van der Waals surface area contributed by atoms with Crippen LogP contribution in [0.1, 0.15) is 11.1 Å². The highest BCUT2D eigenvalue weighted by Gasteiger charge is 2.36. The Morgan fingerprint density at radius 3 is 2.29 bits per heavy atom. The molecule has 0 atom stereocenters. The van der Waals surface area contributed by atoms with E-state index >= 15 is 0 Å². The highest BCUT2D eigenvalue weighted by atomic mass is 32.2. The van der Waals surface area contributed by atoms with Gasteiger partial charge in [0.1, 0.15) is 0 Å². The number of amides is 2. The van der Waals surface area contributed by atoms with Gasteiger partial charge >= 0.3 is 0 Å². The number of hydrogen-bond acceptors (Lipinski definition) is 3. The highest BCUT2D eigenvalue weighted by Crippen LogP contribution is 2.35. The van der Waals surface area contributed by atoms with Gasteiger partial charge in [0.2, 0.25) is 0 Å². The van der Waals surface area contributed by atoms with Gasteiger partial charge < -0.3 is 0 Å². The first-order valence-electron chi connectivity index (χ1n) is 6.55. The summed E-state index contributed by atoms with van der Waals surface area (Å²) in [6.07, 6.45) is 1.75. The van der Waals surface area contributed by atoms with E-state index in [0.29, 0.717) is 10.6 Å². The Hall–Kier alpha value is -2.33. The third-order valence-corrected chi connectivity index (χ3v) is 4.05. The summed E-state index contributed by atoms with van der Waals surface area (Å²) in [5, 5.41) is -0.258. The Morgan fingerprint density at radius 2 is 1.62 bits per heavy atom. The normalized spacial score (nSPS) is 16.8. The number of benzene rings is 2. The molecule has 4 heteroatoms. The van der Waals surface area contributed by atoms with Crippen molar-refractivity contribution < 1.29 is 9.59 Å². The van der Waals surface area contributed by atoms with Crippen molar-refractivity contribution in [2.24, 2.45) is 0 Å². The molecule has 2 aromatic carbocycles. The van der Waals surface area contributed by atoms with E-state index in [1.807, 2.05) is 49.4 Å². The monoisotopic (exact) mass is 295 g/mol. The highest BCUT2D eigenvalue weighted by molar-refractivity contribution is 8.19. The molecule has 104 valence electrons. The Morgan fingerprint density at radius 1 is 0.952 bits per heavy atom. The molecule has 0 aromatic heterocycles. The molecular weight excluding hydrogens is 282 g/mol. The van der Waals surface area contributed by atoms with Crippen LogP contribution in [0, 0.1) is 6.92 Å². The van der Waals surface area contributed by atoms with Crippen molar-refractivity contribution in [3.05, 3.63) is 70.6 Å². The topological polar surface area (TPSA) is 37.4 Å². The zero-order valence-electron chi connectivity index (χ0n) is 11.4.